The summed E-state index contributed by atoms with van der Waals surface area (Å²) in [5, 5.41) is 4.33. The molecule has 2 atom stereocenters. The first-order chi connectivity index (χ1) is 14.2. The number of amides is 1. The van der Waals surface area contributed by atoms with Crippen molar-refractivity contribution in [3.63, 3.8) is 0 Å². The zero-order valence-corrected chi connectivity index (χ0v) is 18.4. The van der Waals surface area contributed by atoms with Crippen molar-refractivity contribution < 1.29 is 17.6 Å². The Balaban J connectivity index is 1.77. The average Bonchev–Trinajstić information content (AvgIpc) is 3.15. The second kappa shape index (κ2) is 9.18. The van der Waals surface area contributed by atoms with Crippen LogP contribution < -0.4 is 10.2 Å². The van der Waals surface area contributed by atoms with Gasteiger partial charge in [0.25, 0.3) is 5.91 Å². The van der Waals surface area contributed by atoms with E-state index in [9.17, 15) is 17.6 Å². The molecule has 0 aromatic heterocycles. The third-order valence-corrected chi connectivity index (χ3v) is 6.01. The molecule has 0 bridgehead atoms. The second-order valence-corrected chi connectivity index (χ2v) is 9.80. The lowest BCUT2D eigenvalue weighted by Crippen LogP contribution is -2.31. The van der Waals surface area contributed by atoms with E-state index in [2.05, 4.69) is 5.32 Å². The Morgan fingerprint density at radius 1 is 1.30 bits per heavy atom. The van der Waals surface area contributed by atoms with E-state index in [-0.39, 0.29) is 11.6 Å². The highest BCUT2D eigenvalue weighted by Crippen LogP contribution is 2.39. The highest BCUT2D eigenvalue weighted by Gasteiger charge is 2.29. The van der Waals surface area contributed by atoms with E-state index in [0.717, 1.165) is 30.1 Å². The monoisotopic (exact) mass is 450 g/mol. The SMILES string of the molecule is C[C@H](/C=C/S(C)(=O)=O)NC(=O)c1ccc(N2CCC[C@@H]2c2ccccc2Cl)c(F)c1. The fourth-order valence-electron chi connectivity index (χ4n) is 3.60. The van der Waals surface area contributed by atoms with Crippen molar-refractivity contribution in [3.8, 4) is 0 Å². The molecule has 1 aliphatic rings. The topological polar surface area (TPSA) is 66.5 Å². The predicted octanol–water partition coefficient (Wildman–Crippen LogP) is 4.50. The fourth-order valence-corrected chi connectivity index (χ4v) is 4.39. The highest BCUT2D eigenvalue weighted by atomic mass is 35.5. The molecule has 0 saturated carbocycles. The molecule has 30 heavy (non-hydrogen) atoms. The standard InChI is InChI=1S/C22H24ClFN2O3S/c1-15(11-13-30(2,28)29)25-22(27)16-9-10-21(19(24)14-16)26-12-5-8-20(26)17-6-3-4-7-18(17)23/h3-4,6-7,9-11,13-15,20H,5,8,12H2,1-2H3,(H,25,27)/b13-11+/t15-,20-/m1/s1. The zero-order valence-electron chi connectivity index (χ0n) is 16.8. The lowest BCUT2D eigenvalue weighted by atomic mass is 10.0. The van der Waals surface area contributed by atoms with Crippen LogP contribution in [0.3, 0.4) is 0 Å². The van der Waals surface area contributed by atoms with Gasteiger partial charge in [0, 0.05) is 34.8 Å². The quantitative estimate of drug-likeness (QED) is 0.703. The van der Waals surface area contributed by atoms with Crippen LogP contribution in [0.15, 0.2) is 53.9 Å². The number of hydrogen-bond acceptors (Lipinski definition) is 4. The summed E-state index contributed by atoms with van der Waals surface area (Å²) in [7, 11) is -3.28. The molecule has 160 valence electrons. The van der Waals surface area contributed by atoms with Crippen LogP contribution >= 0.6 is 11.6 Å². The molecule has 1 saturated heterocycles. The van der Waals surface area contributed by atoms with Crippen LogP contribution in [0.1, 0.15) is 41.7 Å². The Hall–Kier alpha value is -2.38. The molecular weight excluding hydrogens is 427 g/mol. The molecule has 8 heteroatoms. The van der Waals surface area contributed by atoms with Gasteiger partial charge in [0.1, 0.15) is 5.82 Å². The number of nitrogens with one attached hydrogen (secondary N) is 1. The molecule has 0 aliphatic carbocycles. The van der Waals surface area contributed by atoms with Crippen LogP contribution in [0, 0.1) is 5.82 Å². The summed E-state index contributed by atoms with van der Waals surface area (Å²) < 4.78 is 37.3. The average molecular weight is 451 g/mol. The third kappa shape index (κ3) is 5.40. The molecule has 1 heterocycles. The van der Waals surface area contributed by atoms with Crippen molar-refractivity contribution >= 4 is 33.0 Å². The number of rotatable bonds is 6. The lowest BCUT2D eigenvalue weighted by molar-refractivity contribution is 0.0946. The number of halogens is 2. The number of hydrogen-bond donors (Lipinski definition) is 1. The van der Waals surface area contributed by atoms with E-state index in [4.69, 9.17) is 11.6 Å². The lowest BCUT2D eigenvalue weighted by Gasteiger charge is -2.28. The first-order valence-electron chi connectivity index (χ1n) is 9.65. The summed E-state index contributed by atoms with van der Waals surface area (Å²) in [4.78, 5) is 14.4. The van der Waals surface area contributed by atoms with Gasteiger partial charge in [-0.25, -0.2) is 12.8 Å². The molecule has 0 unspecified atom stereocenters. The summed E-state index contributed by atoms with van der Waals surface area (Å²) in [6, 6.07) is 11.4. The maximum absolute atomic E-state index is 14.9. The minimum absolute atomic E-state index is 0.0194. The van der Waals surface area contributed by atoms with Crippen molar-refractivity contribution in [1.82, 2.24) is 5.32 Å². The summed E-state index contributed by atoms with van der Waals surface area (Å²) in [5.41, 5.74) is 1.56. The van der Waals surface area contributed by atoms with Crippen LogP contribution in [0.5, 0.6) is 0 Å². The maximum atomic E-state index is 14.9. The van der Waals surface area contributed by atoms with Crippen molar-refractivity contribution in [2.24, 2.45) is 0 Å². The van der Waals surface area contributed by atoms with Crippen LogP contribution in [0.2, 0.25) is 5.02 Å². The Morgan fingerprint density at radius 2 is 2.03 bits per heavy atom. The molecule has 3 rings (SSSR count). The minimum atomic E-state index is -3.28. The highest BCUT2D eigenvalue weighted by molar-refractivity contribution is 7.93. The van der Waals surface area contributed by atoms with E-state index in [1.54, 1.807) is 19.1 Å². The van der Waals surface area contributed by atoms with Gasteiger partial charge >= 0.3 is 0 Å². The van der Waals surface area contributed by atoms with Gasteiger partial charge in [-0.05, 0) is 49.6 Å². The smallest absolute Gasteiger partial charge is 0.251 e. The number of benzene rings is 2. The molecule has 1 N–H and O–H groups in total. The van der Waals surface area contributed by atoms with Crippen LogP contribution in [-0.2, 0) is 9.84 Å². The summed E-state index contributed by atoms with van der Waals surface area (Å²) in [6.07, 6.45) is 4.23. The van der Waals surface area contributed by atoms with E-state index in [1.807, 2.05) is 29.2 Å². The molecule has 5 nitrogen and oxygen atoms in total. The number of carbonyl (C=O) groups is 1. The van der Waals surface area contributed by atoms with Crippen LogP contribution in [0.4, 0.5) is 10.1 Å². The van der Waals surface area contributed by atoms with Gasteiger partial charge in [-0.2, -0.15) is 0 Å². The predicted molar refractivity (Wildman–Crippen MR) is 118 cm³/mol. The van der Waals surface area contributed by atoms with Crippen LogP contribution in [-0.4, -0.2) is 33.2 Å². The fraction of sp³-hybridized carbons (Fsp3) is 0.318. The Labute approximate surface area is 181 Å². The molecule has 0 spiro atoms. The van der Waals surface area contributed by atoms with Crippen molar-refractivity contribution in [2.45, 2.75) is 31.8 Å². The molecule has 2 aromatic carbocycles. The van der Waals surface area contributed by atoms with E-state index in [1.165, 1.54) is 12.1 Å². The van der Waals surface area contributed by atoms with Gasteiger partial charge in [0.15, 0.2) is 9.84 Å². The summed E-state index contributed by atoms with van der Waals surface area (Å²) in [6.45, 7) is 2.34. The Bertz CT molecular complexity index is 1070. The molecule has 2 aromatic rings. The van der Waals surface area contributed by atoms with Crippen LogP contribution in [0.25, 0.3) is 0 Å². The largest absolute Gasteiger partial charge is 0.362 e. The van der Waals surface area contributed by atoms with Gasteiger partial charge in [-0.15, -0.1) is 0 Å². The molecular formula is C22H24ClFN2O3S. The Morgan fingerprint density at radius 3 is 2.70 bits per heavy atom. The molecule has 1 amide bonds. The molecule has 1 aliphatic heterocycles. The van der Waals surface area contributed by atoms with Crippen molar-refractivity contribution in [1.29, 1.82) is 0 Å². The van der Waals surface area contributed by atoms with Gasteiger partial charge in [0.05, 0.1) is 11.7 Å². The first kappa shape index (κ1) is 22.3. The number of anilines is 1. The molecule has 0 radical (unpaired) electrons. The van der Waals surface area contributed by atoms with Gasteiger partial charge in [-0.3, -0.25) is 4.79 Å². The van der Waals surface area contributed by atoms with E-state index >= 15 is 0 Å². The first-order valence-corrected chi connectivity index (χ1v) is 12.0. The number of nitrogens with zero attached hydrogens (tertiary/aromatic N) is 1. The maximum Gasteiger partial charge on any atom is 0.251 e. The third-order valence-electron chi connectivity index (χ3n) is 5.01. The van der Waals surface area contributed by atoms with Gasteiger partial charge in [0.2, 0.25) is 0 Å². The van der Waals surface area contributed by atoms with E-state index < -0.39 is 27.6 Å². The second-order valence-electron chi connectivity index (χ2n) is 7.46. The van der Waals surface area contributed by atoms with E-state index in [0.29, 0.717) is 17.3 Å². The Kier molecular flexibility index (Phi) is 6.83. The number of carbonyl (C=O) groups excluding carboxylic acids is 1. The van der Waals surface area contributed by atoms with Crippen molar-refractivity contribution in [3.05, 3.63) is 75.9 Å². The zero-order chi connectivity index (χ0) is 21.9. The van der Waals surface area contributed by atoms with Gasteiger partial charge in [-0.1, -0.05) is 35.9 Å². The number of sulfone groups is 1. The molecule has 1 fully saturated rings. The summed E-state index contributed by atoms with van der Waals surface area (Å²) in [5.74, 6) is -0.962. The normalized spacial score (nSPS) is 18.0. The van der Waals surface area contributed by atoms with Gasteiger partial charge < -0.3 is 10.2 Å². The minimum Gasteiger partial charge on any atom is -0.362 e. The van der Waals surface area contributed by atoms with Crippen molar-refractivity contribution in [2.75, 3.05) is 17.7 Å². The summed E-state index contributed by atoms with van der Waals surface area (Å²) >= 11 is 6.35.